The van der Waals surface area contributed by atoms with Crippen molar-refractivity contribution in [1.82, 2.24) is 4.90 Å². The number of rotatable bonds is 2. The van der Waals surface area contributed by atoms with Gasteiger partial charge in [0.05, 0.1) is 0 Å². The van der Waals surface area contributed by atoms with E-state index in [-0.39, 0.29) is 5.41 Å². The molecule has 0 aromatic heterocycles. The monoisotopic (exact) mass is 295 g/mol. The first-order chi connectivity index (χ1) is 10.0. The fourth-order valence-corrected chi connectivity index (χ4v) is 3.73. The predicted octanol–water partition coefficient (Wildman–Crippen LogP) is 4.39. The standard InChI is InChI=1S/C19H21NS/c1-14(2)20-13-19(3,15-9-5-4-6-10-15)17-12-8-7-11-16(17)18(20)21/h4-12,14H,13H2,1-3H3/t19-/m0/s1. The van der Waals surface area contributed by atoms with E-state index in [9.17, 15) is 0 Å². The maximum absolute atomic E-state index is 5.74. The lowest BCUT2D eigenvalue weighted by atomic mass is 9.71. The molecule has 2 aromatic rings. The fraction of sp³-hybridized carbons (Fsp3) is 0.316. The Morgan fingerprint density at radius 1 is 1.00 bits per heavy atom. The highest BCUT2D eigenvalue weighted by Gasteiger charge is 2.39. The molecule has 2 heteroatoms. The van der Waals surface area contributed by atoms with Crippen LogP contribution in [-0.4, -0.2) is 22.5 Å². The second-order valence-corrected chi connectivity index (χ2v) is 6.66. The van der Waals surface area contributed by atoms with Gasteiger partial charge in [-0.25, -0.2) is 0 Å². The molecule has 0 aliphatic carbocycles. The average Bonchev–Trinajstić information content (AvgIpc) is 2.52. The molecule has 0 N–H and O–H groups in total. The van der Waals surface area contributed by atoms with Crippen molar-refractivity contribution in [2.45, 2.75) is 32.2 Å². The van der Waals surface area contributed by atoms with Crippen molar-refractivity contribution in [2.24, 2.45) is 0 Å². The van der Waals surface area contributed by atoms with Crippen LogP contribution in [0.15, 0.2) is 54.6 Å². The molecule has 0 spiro atoms. The van der Waals surface area contributed by atoms with Crippen LogP contribution >= 0.6 is 12.2 Å². The Balaban J connectivity index is 2.21. The maximum Gasteiger partial charge on any atom is 0.109 e. The quantitative estimate of drug-likeness (QED) is 0.756. The van der Waals surface area contributed by atoms with Gasteiger partial charge in [0.15, 0.2) is 0 Å². The van der Waals surface area contributed by atoms with Gasteiger partial charge in [0.1, 0.15) is 4.99 Å². The van der Waals surface area contributed by atoms with Crippen LogP contribution in [0.3, 0.4) is 0 Å². The van der Waals surface area contributed by atoms with Crippen LogP contribution in [0.25, 0.3) is 0 Å². The zero-order valence-electron chi connectivity index (χ0n) is 12.8. The van der Waals surface area contributed by atoms with Crippen LogP contribution < -0.4 is 0 Å². The molecular weight excluding hydrogens is 274 g/mol. The van der Waals surface area contributed by atoms with Crippen molar-refractivity contribution >= 4 is 17.2 Å². The summed E-state index contributed by atoms with van der Waals surface area (Å²) < 4.78 is 0. The van der Waals surface area contributed by atoms with Crippen molar-refractivity contribution in [3.8, 4) is 0 Å². The van der Waals surface area contributed by atoms with Crippen molar-refractivity contribution in [2.75, 3.05) is 6.54 Å². The molecule has 0 unspecified atom stereocenters. The predicted molar refractivity (Wildman–Crippen MR) is 92.9 cm³/mol. The SMILES string of the molecule is CC(C)N1C[C@@](C)(c2ccccc2)c2ccccc2C1=S. The number of benzene rings is 2. The van der Waals surface area contributed by atoms with E-state index in [4.69, 9.17) is 12.2 Å². The van der Waals surface area contributed by atoms with Gasteiger partial charge < -0.3 is 4.90 Å². The lowest BCUT2D eigenvalue weighted by Crippen LogP contribution is -2.50. The Hall–Kier alpha value is -1.67. The van der Waals surface area contributed by atoms with Gasteiger partial charge in [0.2, 0.25) is 0 Å². The van der Waals surface area contributed by atoms with E-state index >= 15 is 0 Å². The number of thiocarbonyl (C=S) groups is 1. The maximum atomic E-state index is 5.74. The van der Waals surface area contributed by atoms with Crippen LogP contribution in [0, 0.1) is 0 Å². The van der Waals surface area contributed by atoms with Crippen molar-refractivity contribution in [3.05, 3.63) is 71.3 Å². The van der Waals surface area contributed by atoms with Crippen LogP contribution in [0.2, 0.25) is 0 Å². The molecule has 1 nitrogen and oxygen atoms in total. The van der Waals surface area contributed by atoms with Gasteiger partial charge in [-0.2, -0.15) is 0 Å². The van der Waals surface area contributed by atoms with Gasteiger partial charge in [-0.3, -0.25) is 0 Å². The Kier molecular flexibility index (Phi) is 3.58. The van der Waals surface area contributed by atoms with Crippen LogP contribution in [-0.2, 0) is 5.41 Å². The normalized spacial score (nSPS) is 21.5. The van der Waals surface area contributed by atoms with E-state index in [0.29, 0.717) is 6.04 Å². The summed E-state index contributed by atoms with van der Waals surface area (Å²) in [5.41, 5.74) is 3.88. The minimum atomic E-state index is -0.0234. The smallest absolute Gasteiger partial charge is 0.109 e. The molecule has 1 aliphatic rings. The highest BCUT2D eigenvalue weighted by molar-refractivity contribution is 7.80. The Morgan fingerprint density at radius 3 is 2.29 bits per heavy atom. The number of hydrogen-bond donors (Lipinski definition) is 0. The largest absolute Gasteiger partial charge is 0.359 e. The lowest BCUT2D eigenvalue weighted by molar-refractivity contribution is 0.289. The van der Waals surface area contributed by atoms with E-state index in [1.807, 2.05) is 0 Å². The average molecular weight is 295 g/mol. The molecular formula is C19H21NS. The molecule has 3 rings (SSSR count). The third-order valence-electron chi connectivity index (χ3n) is 4.53. The highest BCUT2D eigenvalue weighted by atomic mass is 32.1. The van der Waals surface area contributed by atoms with E-state index in [1.54, 1.807) is 0 Å². The van der Waals surface area contributed by atoms with Crippen LogP contribution in [0.4, 0.5) is 0 Å². The second-order valence-electron chi connectivity index (χ2n) is 6.27. The Morgan fingerprint density at radius 2 is 1.62 bits per heavy atom. The third kappa shape index (κ3) is 2.28. The van der Waals surface area contributed by atoms with Gasteiger partial charge in [0, 0.05) is 23.6 Å². The number of fused-ring (bicyclic) bond motifs is 1. The minimum absolute atomic E-state index is 0.0234. The second kappa shape index (κ2) is 5.27. The molecule has 0 fully saturated rings. The van der Waals surface area contributed by atoms with E-state index in [2.05, 4.69) is 80.3 Å². The summed E-state index contributed by atoms with van der Waals surface area (Å²) in [6.45, 7) is 7.69. The fourth-order valence-electron chi connectivity index (χ4n) is 3.27. The van der Waals surface area contributed by atoms with Gasteiger partial charge >= 0.3 is 0 Å². The van der Waals surface area contributed by atoms with Gasteiger partial charge in [-0.05, 0) is 31.9 Å². The summed E-state index contributed by atoms with van der Waals surface area (Å²) in [6, 6.07) is 19.8. The molecule has 0 saturated heterocycles. The minimum Gasteiger partial charge on any atom is -0.359 e. The molecule has 1 atom stereocenters. The zero-order valence-corrected chi connectivity index (χ0v) is 13.7. The first-order valence-corrected chi connectivity index (χ1v) is 7.91. The summed E-state index contributed by atoms with van der Waals surface area (Å²) in [5, 5.41) is 0. The summed E-state index contributed by atoms with van der Waals surface area (Å²) >= 11 is 5.74. The Labute approximate surface area is 132 Å². The van der Waals surface area contributed by atoms with Gasteiger partial charge in [-0.15, -0.1) is 0 Å². The third-order valence-corrected chi connectivity index (χ3v) is 4.99. The number of nitrogens with zero attached hydrogens (tertiary/aromatic N) is 1. The molecule has 1 heterocycles. The highest BCUT2D eigenvalue weighted by Crippen LogP contribution is 2.39. The van der Waals surface area contributed by atoms with Crippen LogP contribution in [0.5, 0.6) is 0 Å². The zero-order chi connectivity index (χ0) is 15.0. The summed E-state index contributed by atoms with van der Waals surface area (Å²) in [7, 11) is 0. The molecule has 108 valence electrons. The molecule has 1 aliphatic heterocycles. The van der Waals surface area contributed by atoms with Gasteiger partial charge in [-0.1, -0.05) is 66.8 Å². The van der Waals surface area contributed by atoms with Gasteiger partial charge in [0.25, 0.3) is 0 Å². The van der Waals surface area contributed by atoms with E-state index < -0.39 is 0 Å². The first-order valence-electron chi connectivity index (χ1n) is 7.50. The number of hydrogen-bond acceptors (Lipinski definition) is 1. The van der Waals surface area contributed by atoms with E-state index in [0.717, 1.165) is 11.5 Å². The summed E-state index contributed by atoms with van der Waals surface area (Å²) in [6.07, 6.45) is 0. The van der Waals surface area contributed by atoms with Crippen molar-refractivity contribution in [3.63, 3.8) is 0 Å². The summed E-state index contributed by atoms with van der Waals surface area (Å²) in [4.78, 5) is 3.33. The van der Waals surface area contributed by atoms with E-state index in [1.165, 1.54) is 16.7 Å². The Bertz CT molecular complexity index is 662. The molecule has 21 heavy (non-hydrogen) atoms. The topological polar surface area (TPSA) is 3.24 Å². The molecule has 0 amide bonds. The van der Waals surface area contributed by atoms with Crippen molar-refractivity contribution in [1.29, 1.82) is 0 Å². The van der Waals surface area contributed by atoms with Crippen molar-refractivity contribution < 1.29 is 0 Å². The molecule has 0 saturated carbocycles. The lowest BCUT2D eigenvalue weighted by Gasteiger charge is -2.45. The molecule has 0 bridgehead atoms. The van der Waals surface area contributed by atoms with Crippen LogP contribution in [0.1, 0.15) is 37.5 Å². The molecule has 0 radical (unpaired) electrons. The molecule has 2 aromatic carbocycles. The first kappa shape index (κ1) is 14.3. The summed E-state index contributed by atoms with van der Waals surface area (Å²) in [5.74, 6) is 0.